The van der Waals surface area contributed by atoms with Gasteiger partial charge in [-0.1, -0.05) is 13.0 Å². The summed E-state index contributed by atoms with van der Waals surface area (Å²) in [7, 11) is 0. The first-order chi connectivity index (χ1) is 10.0. The van der Waals surface area contributed by atoms with E-state index in [9.17, 15) is 9.90 Å². The van der Waals surface area contributed by atoms with Gasteiger partial charge in [-0.15, -0.1) is 0 Å². The normalized spacial score (nSPS) is 22.0. The molecule has 2 atom stereocenters. The van der Waals surface area contributed by atoms with E-state index in [1.165, 1.54) is 0 Å². The molecule has 1 heterocycles. The van der Waals surface area contributed by atoms with Gasteiger partial charge < -0.3 is 20.1 Å². The predicted octanol–water partition coefficient (Wildman–Crippen LogP) is 2.63. The lowest BCUT2D eigenvalue weighted by molar-refractivity contribution is 0.0463. The Bertz CT molecular complexity index is 504. The van der Waals surface area contributed by atoms with Gasteiger partial charge in [-0.25, -0.2) is 4.79 Å². The molecule has 1 aromatic carbocycles. The van der Waals surface area contributed by atoms with Crippen LogP contribution >= 0.6 is 0 Å². The number of rotatable bonds is 3. The van der Waals surface area contributed by atoms with Gasteiger partial charge in [0.15, 0.2) is 0 Å². The molecule has 0 aromatic heterocycles. The number of piperidine rings is 1. The van der Waals surface area contributed by atoms with E-state index < -0.39 is 6.10 Å². The van der Waals surface area contributed by atoms with Crippen molar-refractivity contribution in [2.75, 3.05) is 25.0 Å². The highest BCUT2D eigenvalue weighted by atomic mass is 16.5. The maximum Gasteiger partial charge on any atom is 0.322 e. The van der Waals surface area contributed by atoms with Crippen molar-refractivity contribution in [1.82, 2.24) is 4.90 Å². The van der Waals surface area contributed by atoms with Crippen LogP contribution in [0.5, 0.6) is 5.75 Å². The Labute approximate surface area is 125 Å². The quantitative estimate of drug-likeness (QED) is 0.900. The van der Waals surface area contributed by atoms with Crippen LogP contribution in [-0.2, 0) is 0 Å². The summed E-state index contributed by atoms with van der Waals surface area (Å²) >= 11 is 0. The van der Waals surface area contributed by atoms with Gasteiger partial charge in [0.2, 0.25) is 0 Å². The molecule has 2 rings (SSSR count). The summed E-state index contributed by atoms with van der Waals surface area (Å²) in [6.07, 6.45) is 0.370. The highest BCUT2D eigenvalue weighted by Crippen LogP contribution is 2.26. The average Bonchev–Trinajstić information content (AvgIpc) is 2.45. The van der Waals surface area contributed by atoms with Crippen molar-refractivity contribution in [2.45, 2.75) is 33.3 Å². The fraction of sp³-hybridized carbons (Fsp3) is 0.562. The van der Waals surface area contributed by atoms with Crippen molar-refractivity contribution in [1.29, 1.82) is 0 Å². The number of hydrogen-bond donors (Lipinski definition) is 2. The lowest BCUT2D eigenvalue weighted by Gasteiger charge is -2.34. The topological polar surface area (TPSA) is 61.8 Å². The average molecular weight is 292 g/mol. The second kappa shape index (κ2) is 6.80. The molecule has 0 aliphatic carbocycles. The number of nitrogens with one attached hydrogen (secondary N) is 1. The van der Waals surface area contributed by atoms with Crippen LogP contribution in [0.3, 0.4) is 0 Å². The Morgan fingerprint density at radius 3 is 2.95 bits per heavy atom. The Morgan fingerprint density at radius 1 is 1.52 bits per heavy atom. The molecular formula is C16H24N2O3. The highest BCUT2D eigenvalue weighted by Gasteiger charge is 2.27. The monoisotopic (exact) mass is 292 g/mol. The molecule has 116 valence electrons. The Kier molecular flexibility index (Phi) is 5.07. The number of carbonyl (C=O) groups excluding carboxylic acids is 1. The van der Waals surface area contributed by atoms with Gasteiger partial charge in [0.05, 0.1) is 18.4 Å². The molecule has 1 aliphatic rings. The SMILES string of the molecule is CCOc1cc(C)ccc1NC(=O)N1CCC(C)C(O)C1. The molecule has 1 aromatic rings. The molecule has 2 N–H and O–H groups in total. The van der Waals surface area contributed by atoms with Gasteiger partial charge in [0, 0.05) is 13.1 Å². The number of β-amino-alcohol motifs (C(OH)–C–C–N with tert-alkyl or cyclic N) is 1. The first-order valence-corrected chi connectivity index (χ1v) is 7.48. The maximum absolute atomic E-state index is 12.3. The number of carbonyl (C=O) groups is 1. The van der Waals surface area contributed by atoms with Crippen molar-refractivity contribution in [3.05, 3.63) is 23.8 Å². The van der Waals surface area contributed by atoms with Crippen LogP contribution in [0.4, 0.5) is 10.5 Å². The first-order valence-electron chi connectivity index (χ1n) is 7.48. The minimum atomic E-state index is -0.450. The van der Waals surface area contributed by atoms with Crippen LogP contribution in [0.1, 0.15) is 25.8 Å². The van der Waals surface area contributed by atoms with Gasteiger partial charge in [0.25, 0.3) is 0 Å². The van der Waals surface area contributed by atoms with Gasteiger partial charge in [-0.3, -0.25) is 0 Å². The van der Waals surface area contributed by atoms with E-state index in [4.69, 9.17) is 4.74 Å². The van der Waals surface area contributed by atoms with E-state index in [0.717, 1.165) is 12.0 Å². The van der Waals surface area contributed by atoms with Crippen molar-refractivity contribution in [2.24, 2.45) is 5.92 Å². The summed E-state index contributed by atoms with van der Waals surface area (Å²) in [5.74, 6) is 0.921. The van der Waals surface area contributed by atoms with Gasteiger partial charge in [-0.2, -0.15) is 0 Å². The molecule has 5 nitrogen and oxygen atoms in total. The number of ether oxygens (including phenoxy) is 1. The molecule has 1 fully saturated rings. The van der Waals surface area contributed by atoms with Crippen LogP contribution in [0.25, 0.3) is 0 Å². The van der Waals surface area contributed by atoms with Crippen molar-refractivity contribution in [3.8, 4) is 5.75 Å². The van der Waals surface area contributed by atoms with Gasteiger partial charge in [0.1, 0.15) is 5.75 Å². The minimum Gasteiger partial charge on any atom is -0.492 e. The van der Waals surface area contributed by atoms with E-state index in [2.05, 4.69) is 5.32 Å². The molecule has 0 saturated carbocycles. The third-order valence-corrected chi connectivity index (χ3v) is 3.88. The van der Waals surface area contributed by atoms with Crippen molar-refractivity contribution >= 4 is 11.7 Å². The number of anilines is 1. The largest absolute Gasteiger partial charge is 0.492 e. The summed E-state index contributed by atoms with van der Waals surface area (Å²) in [4.78, 5) is 14.0. The smallest absolute Gasteiger partial charge is 0.322 e. The lowest BCUT2D eigenvalue weighted by Crippen LogP contribution is -2.47. The molecule has 0 spiro atoms. The third kappa shape index (κ3) is 3.88. The minimum absolute atomic E-state index is 0.189. The second-order valence-corrected chi connectivity index (χ2v) is 5.64. The summed E-state index contributed by atoms with van der Waals surface area (Å²) in [6, 6.07) is 5.50. The molecule has 1 aliphatic heterocycles. The molecule has 5 heteroatoms. The van der Waals surface area contributed by atoms with Gasteiger partial charge >= 0.3 is 6.03 Å². The number of amides is 2. The Hall–Kier alpha value is -1.75. The van der Waals surface area contributed by atoms with E-state index in [-0.39, 0.29) is 11.9 Å². The lowest BCUT2D eigenvalue weighted by atomic mass is 9.96. The highest BCUT2D eigenvalue weighted by molar-refractivity contribution is 5.91. The number of nitrogens with zero attached hydrogens (tertiary/aromatic N) is 1. The fourth-order valence-electron chi connectivity index (χ4n) is 2.44. The number of aryl methyl sites for hydroxylation is 1. The number of aliphatic hydroxyl groups is 1. The van der Waals surface area contributed by atoms with Crippen molar-refractivity contribution in [3.63, 3.8) is 0 Å². The molecule has 2 unspecified atom stereocenters. The zero-order valence-corrected chi connectivity index (χ0v) is 12.9. The predicted molar refractivity (Wildman–Crippen MR) is 82.7 cm³/mol. The van der Waals surface area contributed by atoms with Crippen LogP contribution in [0.2, 0.25) is 0 Å². The van der Waals surface area contributed by atoms with Crippen molar-refractivity contribution < 1.29 is 14.6 Å². The summed E-state index contributed by atoms with van der Waals surface area (Å²) in [5.41, 5.74) is 1.75. The fourth-order valence-corrected chi connectivity index (χ4v) is 2.44. The maximum atomic E-state index is 12.3. The standard InChI is InChI=1S/C16H24N2O3/c1-4-21-15-9-11(2)5-6-13(15)17-16(20)18-8-7-12(3)14(19)10-18/h5-6,9,12,14,19H,4,7-8,10H2,1-3H3,(H,17,20). The number of likely N-dealkylation sites (tertiary alicyclic amines) is 1. The van der Waals surface area contributed by atoms with E-state index in [1.54, 1.807) is 4.90 Å². The summed E-state index contributed by atoms with van der Waals surface area (Å²) in [6.45, 7) is 7.49. The first kappa shape index (κ1) is 15.6. The Balaban J connectivity index is 2.05. The zero-order chi connectivity index (χ0) is 15.4. The van der Waals surface area contributed by atoms with Crippen LogP contribution in [-0.4, -0.2) is 41.8 Å². The molecular weight excluding hydrogens is 268 g/mol. The summed E-state index contributed by atoms with van der Waals surface area (Å²) in [5, 5.41) is 12.8. The molecule has 2 amide bonds. The molecule has 1 saturated heterocycles. The molecule has 21 heavy (non-hydrogen) atoms. The van der Waals surface area contributed by atoms with E-state index >= 15 is 0 Å². The van der Waals surface area contributed by atoms with E-state index in [1.807, 2.05) is 39.0 Å². The van der Waals surface area contributed by atoms with Crippen LogP contribution < -0.4 is 10.1 Å². The Morgan fingerprint density at radius 2 is 2.29 bits per heavy atom. The van der Waals surface area contributed by atoms with E-state index in [0.29, 0.717) is 31.1 Å². The van der Waals surface area contributed by atoms with Crippen LogP contribution in [0.15, 0.2) is 18.2 Å². The number of benzene rings is 1. The molecule has 0 radical (unpaired) electrons. The van der Waals surface area contributed by atoms with Gasteiger partial charge in [-0.05, 0) is 43.9 Å². The number of urea groups is 1. The summed E-state index contributed by atoms with van der Waals surface area (Å²) < 4.78 is 5.56. The molecule has 0 bridgehead atoms. The zero-order valence-electron chi connectivity index (χ0n) is 12.9. The number of aliphatic hydroxyl groups excluding tert-OH is 1. The third-order valence-electron chi connectivity index (χ3n) is 3.88. The van der Waals surface area contributed by atoms with Crippen LogP contribution in [0, 0.1) is 12.8 Å². The number of hydrogen-bond acceptors (Lipinski definition) is 3. The second-order valence-electron chi connectivity index (χ2n) is 5.64.